The fourth-order valence-electron chi connectivity index (χ4n) is 10.5. The van der Waals surface area contributed by atoms with Gasteiger partial charge in [0.2, 0.25) is 23.6 Å². The Labute approximate surface area is 387 Å². The van der Waals surface area contributed by atoms with Crippen LogP contribution >= 0.6 is 0 Å². The van der Waals surface area contributed by atoms with E-state index in [2.05, 4.69) is 48.1 Å². The predicted molar refractivity (Wildman–Crippen MR) is 243 cm³/mol. The lowest BCUT2D eigenvalue weighted by Gasteiger charge is -2.35. The van der Waals surface area contributed by atoms with Crippen LogP contribution < -0.4 is 10.6 Å². The van der Waals surface area contributed by atoms with Gasteiger partial charge in [0.05, 0.1) is 29.7 Å². The molecule has 3 saturated carbocycles. The Morgan fingerprint density at radius 2 is 1.48 bits per heavy atom. The van der Waals surface area contributed by atoms with Gasteiger partial charge >= 0.3 is 0 Å². The Hall–Kier alpha value is -5.07. The number of rotatable bonds is 15. The molecular weight excluding hydrogens is 841 g/mol. The number of hydrogen-bond donors (Lipinski definition) is 3. The summed E-state index contributed by atoms with van der Waals surface area (Å²) in [5.74, 6) is -0.681. The van der Waals surface area contributed by atoms with Gasteiger partial charge in [-0.2, -0.15) is 0 Å². The lowest BCUT2D eigenvalue weighted by Crippen LogP contribution is -2.52. The van der Waals surface area contributed by atoms with E-state index in [9.17, 15) is 24.3 Å². The standard InChI is InChI=1S/C48H68N12O6/c1-28-18-31(23-56(28)32-14-15-32)51-44(63)39-20-34(25-58(39)46(65)42(48(5,6)7)59-26-36(52-54-59)30-12-13-30)66-40-21-35(40)37-27-60(55-53-37)41(47(2,3)4)45(64)57-24-33(61)19-38(57)43(62)50-17-9-11-29-10-8-16-49-22-29/h8-11,16,22,26-28,30-35,38-42,61H,12-15,17-21,23-25H2,1-7H3,(H,50,62)(H,51,63)/b11-9+/t28?,31?,33-,34-,35?,38+,39+,40?,41-,42-/m1/s1. The summed E-state index contributed by atoms with van der Waals surface area (Å²) in [5, 5.41) is 34.9. The van der Waals surface area contributed by atoms with Gasteiger partial charge < -0.3 is 30.3 Å². The number of carbonyl (C=O) groups is 4. The molecule has 18 heteroatoms. The molecule has 3 aliphatic heterocycles. The van der Waals surface area contributed by atoms with Gasteiger partial charge in [-0.15, -0.1) is 10.2 Å². The van der Waals surface area contributed by atoms with Gasteiger partial charge in [0, 0.05) is 93.8 Å². The molecule has 3 aromatic rings. The third-order valence-electron chi connectivity index (χ3n) is 14.3. The van der Waals surface area contributed by atoms with Gasteiger partial charge in [0.1, 0.15) is 24.2 Å². The van der Waals surface area contributed by atoms with Crippen LogP contribution in [0.1, 0.15) is 141 Å². The maximum atomic E-state index is 14.9. The van der Waals surface area contributed by atoms with Crippen LogP contribution in [0.25, 0.3) is 6.08 Å². The number of β-amino-alcohol motifs (C(OH)–C–C–N with tert-alkyl or cyclic N) is 1. The molecule has 3 aliphatic carbocycles. The molecule has 0 spiro atoms. The summed E-state index contributed by atoms with van der Waals surface area (Å²) in [6, 6.07) is 1.74. The third-order valence-corrected chi connectivity index (χ3v) is 14.3. The number of aliphatic hydroxyl groups is 1. The summed E-state index contributed by atoms with van der Waals surface area (Å²) in [4.78, 5) is 66.9. The summed E-state index contributed by atoms with van der Waals surface area (Å²) in [6.07, 6.45) is 16.0. The fourth-order valence-corrected chi connectivity index (χ4v) is 10.5. The minimum atomic E-state index is -0.842. The van der Waals surface area contributed by atoms with Crippen molar-refractivity contribution in [3.8, 4) is 0 Å². The van der Waals surface area contributed by atoms with E-state index >= 15 is 0 Å². The zero-order chi connectivity index (χ0) is 46.7. The van der Waals surface area contributed by atoms with E-state index in [1.807, 2.05) is 72.0 Å². The fraction of sp³-hybridized carbons (Fsp3) is 0.688. The van der Waals surface area contributed by atoms with Crippen molar-refractivity contribution < 1.29 is 29.0 Å². The molecule has 4 amide bonds. The van der Waals surface area contributed by atoms with Gasteiger partial charge in [0.15, 0.2) is 0 Å². The highest BCUT2D eigenvalue weighted by atomic mass is 16.5. The van der Waals surface area contributed by atoms with E-state index in [0.29, 0.717) is 36.5 Å². The summed E-state index contributed by atoms with van der Waals surface area (Å²) >= 11 is 0. The van der Waals surface area contributed by atoms with Crippen LogP contribution in [0.2, 0.25) is 0 Å². The number of pyridine rings is 1. The molecule has 66 heavy (non-hydrogen) atoms. The van der Waals surface area contributed by atoms with E-state index in [0.717, 1.165) is 37.1 Å². The quantitative estimate of drug-likeness (QED) is 0.201. The van der Waals surface area contributed by atoms with Crippen molar-refractivity contribution in [3.63, 3.8) is 0 Å². The van der Waals surface area contributed by atoms with Crippen molar-refractivity contribution in [3.05, 3.63) is 59.9 Å². The molecule has 9 rings (SSSR count). The molecule has 3 saturated heterocycles. The number of nitrogens with one attached hydrogen (secondary N) is 2. The van der Waals surface area contributed by atoms with Gasteiger partial charge in [0.25, 0.3) is 0 Å². The molecule has 3 aromatic heterocycles. The largest absolute Gasteiger partial charge is 0.391 e. The Morgan fingerprint density at radius 1 is 0.833 bits per heavy atom. The Kier molecular flexibility index (Phi) is 12.7. The van der Waals surface area contributed by atoms with Crippen LogP contribution in [0, 0.1) is 10.8 Å². The molecule has 4 unspecified atom stereocenters. The molecule has 18 nitrogen and oxygen atoms in total. The minimum Gasteiger partial charge on any atom is -0.391 e. The highest BCUT2D eigenvalue weighted by Crippen LogP contribution is 2.46. The van der Waals surface area contributed by atoms with E-state index in [1.165, 1.54) is 17.7 Å². The molecule has 0 aromatic carbocycles. The third kappa shape index (κ3) is 10.1. The highest BCUT2D eigenvalue weighted by Gasteiger charge is 2.51. The van der Waals surface area contributed by atoms with E-state index in [1.54, 1.807) is 32.9 Å². The SMILES string of the molecule is CC1CC(NC(=O)[C@@H]2C[C@@H](OC3CC3c3cn([C@H](C(=O)N4C[C@H](O)C[C@H]4C(=O)NC/C=C/c4cccnc4)C(C)(C)C)nn3)CN2C(=O)[C@@H](n2cc(C3CC3)nn2)C(C)(C)C)CN1C1CC1. The maximum absolute atomic E-state index is 14.9. The van der Waals surface area contributed by atoms with Gasteiger partial charge in [-0.1, -0.05) is 70.2 Å². The van der Waals surface area contributed by atoms with Crippen LogP contribution in [-0.4, -0.2) is 153 Å². The van der Waals surface area contributed by atoms with Crippen LogP contribution in [0.3, 0.4) is 0 Å². The average Bonchev–Trinajstić information content (AvgIpc) is 4.21. The van der Waals surface area contributed by atoms with Crippen molar-refractivity contribution in [1.29, 1.82) is 0 Å². The second-order valence-electron chi connectivity index (χ2n) is 22.0. The van der Waals surface area contributed by atoms with Crippen molar-refractivity contribution in [2.24, 2.45) is 10.8 Å². The zero-order valence-electron chi connectivity index (χ0n) is 39.5. The number of carbonyl (C=O) groups excluding carboxylic acids is 4. The van der Waals surface area contributed by atoms with Crippen LogP contribution in [0.5, 0.6) is 0 Å². The smallest absolute Gasteiger partial charge is 0.248 e. The Bertz CT molecular complexity index is 2280. The van der Waals surface area contributed by atoms with E-state index in [-0.39, 0.29) is 67.7 Å². The lowest BCUT2D eigenvalue weighted by molar-refractivity contribution is -0.144. The molecule has 10 atom stereocenters. The summed E-state index contributed by atoms with van der Waals surface area (Å²) in [6.45, 7) is 15.5. The average molecular weight is 909 g/mol. The van der Waals surface area contributed by atoms with Crippen molar-refractivity contribution in [2.45, 2.75) is 172 Å². The predicted octanol–water partition coefficient (Wildman–Crippen LogP) is 3.39. The number of likely N-dealkylation sites (tertiary alicyclic amines) is 3. The number of aromatic nitrogens is 7. The normalized spacial score (nSPS) is 29.1. The zero-order valence-corrected chi connectivity index (χ0v) is 39.5. The maximum Gasteiger partial charge on any atom is 0.248 e. The van der Waals surface area contributed by atoms with Gasteiger partial charge in [-0.05, 0) is 67.9 Å². The van der Waals surface area contributed by atoms with Crippen LogP contribution in [-0.2, 0) is 23.9 Å². The molecule has 0 bridgehead atoms. The first kappa shape index (κ1) is 46.1. The lowest BCUT2D eigenvalue weighted by atomic mass is 9.85. The summed E-state index contributed by atoms with van der Waals surface area (Å²) in [5.41, 5.74) is 1.35. The van der Waals surface area contributed by atoms with E-state index < -0.39 is 47.2 Å². The first-order chi connectivity index (χ1) is 31.4. The van der Waals surface area contributed by atoms with Crippen molar-refractivity contribution in [2.75, 3.05) is 26.2 Å². The van der Waals surface area contributed by atoms with Crippen molar-refractivity contribution in [1.82, 2.24) is 60.3 Å². The molecule has 6 heterocycles. The highest BCUT2D eigenvalue weighted by molar-refractivity contribution is 5.91. The molecule has 0 radical (unpaired) electrons. The monoisotopic (exact) mass is 909 g/mol. The summed E-state index contributed by atoms with van der Waals surface area (Å²) < 4.78 is 10.0. The second kappa shape index (κ2) is 18.2. The van der Waals surface area contributed by atoms with Gasteiger partial charge in [-0.3, -0.25) is 29.1 Å². The van der Waals surface area contributed by atoms with E-state index in [4.69, 9.17) is 4.74 Å². The Morgan fingerprint density at radius 3 is 2.12 bits per heavy atom. The summed E-state index contributed by atoms with van der Waals surface area (Å²) in [7, 11) is 0. The van der Waals surface area contributed by atoms with Crippen LogP contribution in [0.4, 0.5) is 0 Å². The number of nitrogens with zero attached hydrogens (tertiary/aromatic N) is 10. The topological polar surface area (TPSA) is 206 Å². The minimum absolute atomic E-state index is 0.0170. The first-order valence-electron chi connectivity index (χ1n) is 24.1. The molecule has 6 aliphatic rings. The molecule has 356 valence electrons. The number of ether oxygens (including phenoxy) is 1. The first-order valence-corrected chi connectivity index (χ1v) is 24.1. The second-order valence-corrected chi connectivity index (χ2v) is 22.0. The molecular formula is C48H68N12O6. The van der Waals surface area contributed by atoms with Gasteiger partial charge in [-0.25, -0.2) is 9.36 Å². The van der Waals surface area contributed by atoms with Crippen LogP contribution in [0.15, 0.2) is 43.0 Å². The Balaban J connectivity index is 0.871. The number of amides is 4. The molecule has 6 fully saturated rings. The van der Waals surface area contributed by atoms with Crippen molar-refractivity contribution >= 4 is 29.7 Å². The molecule has 3 N–H and O–H groups in total. The number of aliphatic hydroxyl groups excluding tert-OH is 1. The number of hydrogen-bond acceptors (Lipinski definition) is 12.